The molecule has 0 fully saturated rings. The van der Waals surface area contributed by atoms with Crippen molar-refractivity contribution in [3.63, 3.8) is 0 Å². The van der Waals surface area contributed by atoms with E-state index < -0.39 is 11.7 Å². The van der Waals surface area contributed by atoms with Gasteiger partial charge in [0.15, 0.2) is 5.78 Å². The van der Waals surface area contributed by atoms with E-state index in [4.69, 9.17) is 9.84 Å². The first-order valence-electron chi connectivity index (χ1n) is 9.37. The molecule has 5 heteroatoms. The summed E-state index contributed by atoms with van der Waals surface area (Å²) >= 11 is 0. The molecule has 5 nitrogen and oxygen atoms in total. The average molecular weight is 372 g/mol. The summed E-state index contributed by atoms with van der Waals surface area (Å²) in [4.78, 5) is 12.0. The van der Waals surface area contributed by atoms with Crippen molar-refractivity contribution in [2.45, 2.75) is 43.8 Å². The van der Waals surface area contributed by atoms with Crippen LogP contribution in [0.15, 0.2) is 66.3 Å². The van der Waals surface area contributed by atoms with Gasteiger partial charge >= 0.3 is 0 Å². The van der Waals surface area contributed by atoms with E-state index in [1.54, 1.807) is 18.2 Å². The fraction of sp³-hybridized carbons (Fsp3) is 0.409. The van der Waals surface area contributed by atoms with E-state index in [-0.39, 0.29) is 12.4 Å². The minimum absolute atomic E-state index is 0.0299. The zero-order valence-corrected chi connectivity index (χ0v) is 15.5. The maximum Gasteiger partial charge on any atom is 0.184 e. The van der Waals surface area contributed by atoms with Gasteiger partial charge in [-0.1, -0.05) is 36.4 Å². The van der Waals surface area contributed by atoms with Gasteiger partial charge in [0.25, 0.3) is 0 Å². The highest BCUT2D eigenvalue weighted by Crippen LogP contribution is 2.31. The lowest BCUT2D eigenvalue weighted by Gasteiger charge is -2.22. The number of aliphatic hydroxyl groups excluding tert-OH is 2. The van der Waals surface area contributed by atoms with Crippen molar-refractivity contribution < 1.29 is 24.9 Å². The largest absolute Gasteiger partial charge is 0.494 e. The van der Waals surface area contributed by atoms with Gasteiger partial charge in [-0.15, -0.1) is 0 Å². The van der Waals surface area contributed by atoms with E-state index in [2.05, 4.69) is 0 Å². The molecule has 0 amide bonds. The zero-order chi connectivity index (χ0) is 19.5. The lowest BCUT2D eigenvalue weighted by molar-refractivity contribution is -0.112. The highest BCUT2D eigenvalue weighted by molar-refractivity contribution is 6.09. The summed E-state index contributed by atoms with van der Waals surface area (Å²) in [7, 11) is 0. The van der Waals surface area contributed by atoms with Crippen LogP contribution in [-0.4, -0.2) is 46.0 Å². The predicted molar refractivity (Wildman–Crippen MR) is 104 cm³/mol. The lowest BCUT2D eigenvalue weighted by atomic mass is 9.90. The molecule has 146 valence electrons. The summed E-state index contributed by atoms with van der Waals surface area (Å²) in [5, 5.41) is 29.3. The number of unbranched alkanes of at least 4 members (excludes halogenated alkanes) is 1. The maximum absolute atomic E-state index is 12.0. The summed E-state index contributed by atoms with van der Waals surface area (Å²) in [5.74, 6) is 0.602. The summed E-state index contributed by atoms with van der Waals surface area (Å²) in [6.45, 7) is 0.579. The topological polar surface area (TPSA) is 87.0 Å². The fourth-order valence-electron chi connectivity index (χ4n) is 2.93. The molecule has 1 aromatic rings. The van der Waals surface area contributed by atoms with Gasteiger partial charge in [0.1, 0.15) is 11.4 Å². The first-order chi connectivity index (χ1) is 13.0. The van der Waals surface area contributed by atoms with Gasteiger partial charge in [-0.2, -0.15) is 0 Å². The summed E-state index contributed by atoms with van der Waals surface area (Å²) < 4.78 is 5.64. The van der Waals surface area contributed by atoms with Crippen molar-refractivity contribution in [1.82, 2.24) is 0 Å². The summed E-state index contributed by atoms with van der Waals surface area (Å²) in [6.07, 6.45) is 9.83. The number of carbonyl (C=O) groups excluding carboxylic acids is 1. The minimum atomic E-state index is -1.27. The zero-order valence-electron chi connectivity index (χ0n) is 15.5. The molecule has 2 atom stereocenters. The van der Waals surface area contributed by atoms with Crippen LogP contribution in [0.4, 0.5) is 0 Å². The van der Waals surface area contributed by atoms with Crippen molar-refractivity contribution in [1.29, 1.82) is 0 Å². The van der Waals surface area contributed by atoms with Gasteiger partial charge in [-0.05, 0) is 56.4 Å². The molecule has 1 aromatic carbocycles. The lowest BCUT2D eigenvalue weighted by Crippen LogP contribution is -2.28. The standard InChI is InChI=1S/C22H28O5/c23-16-7-9-18(24)8-6-12-20-21(25)13-15-22(20,26)14-4-5-17-27-19-10-2-1-3-11-19/h1-3,6,8,10-13,15,18,23-24,26H,4-5,7,9,14,16-17H2/b8-6+,20-12+. The third-order valence-electron chi connectivity index (χ3n) is 4.46. The molecule has 1 aliphatic carbocycles. The Hall–Kier alpha value is -2.21. The van der Waals surface area contributed by atoms with Crippen molar-refractivity contribution in [3.8, 4) is 5.75 Å². The molecule has 0 radical (unpaired) electrons. The molecule has 27 heavy (non-hydrogen) atoms. The molecule has 2 rings (SSSR count). The molecule has 0 heterocycles. The van der Waals surface area contributed by atoms with Crippen LogP contribution < -0.4 is 4.74 Å². The number of carbonyl (C=O) groups is 1. The van der Waals surface area contributed by atoms with Crippen molar-refractivity contribution in [2.24, 2.45) is 0 Å². The van der Waals surface area contributed by atoms with Crippen molar-refractivity contribution in [2.75, 3.05) is 13.2 Å². The number of ketones is 1. The number of benzene rings is 1. The Morgan fingerprint density at radius 2 is 1.93 bits per heavy atom. The van der Waals surface area contributed by atoms with E-state index in [1.165, 1.54) is 12.2 Å². The Morgan fingerprint density at radius 1 is 1.15 bits per heavy atom. The average Bonchev–Trinajstić information content (AvgIpc) is 2.95. The number of ether oxygens (including phenoxy) is 1. The van der Waals surface area contributed by atoms with E-state index in [0.29, 0.717) is 37.9 Å². The molecule has 3 N–H and O–H groups in total. The molecule has 0 bridgehead atoms. The van der Waals surface area contributed by atoms with Crippen LogP contribution >= 0.6 is 0 Å². The molecule has 1 aliphatic rings. The number of para-hydroxylation sites is 1. The van der Waals surface area contributed by atoms with E-state index in [9.17, 15) is 15.0 Å². The van der Waals surface area contributed by atoms with Gasteiger partial charge in [-0.25, -0.2) is 0 Å². The second-order valence-electron chi connectivity index (χ2n) is 6.64. The van der Waals surface area contributed by atoms with Crippen LogP contribution in [0.2, 0.25) is 0 Å². The fourth-order valence-corrected chi connectivity index (χ4v) is 2.93. The van der Waals surface area contributed by atoms with E-state index >= 15 is 0 Å². The van der Waals surface area contributed by atoms with Crippen LogP contribution in [0.3, 0.4) is 0 Å². The van der Waals surface area contributed by atoms with Crippen LogP contribution in [-0.2, 0) is 4.79 Å². The summed E-state index contributed by atoms with van der Waals surface area (Å²) in [5.41, 5.74) is -0.957. The van der Waals surface area contributed by atoms with Crippen molar-refractivity contribution in [3.05, 3.63) is 66.3 Å². The molecule has 0 aromatic heterocycles. The number of allylic oxidation sites excluding steroid dienone is 3. The molecule has 2 unspecified atom stereocenters. The molecule has 0 saturated carbocycles. The van der Waals surface area contributed by atoms with Crippen molar-refractivity contribution >= 4 is 5.78 Å². The Morgan fingerprint density at radius 3 is 2.67 bits per heavy atom. The Kier molecular flexibility index (Phi) is 8.45. The summed E-state index contributed by atoms with van der Waals surface area (Å²) in [6, 6.07) is 9.55. The third kappa shape index (κ3) is 6.79. The minimum Gasteiger partial charge on any atom is -0.494 e. The van der Waals surface area contributed by atoms with Gasteiger partial charge in [0.05, 0.1) is 12.7 Å². The molecular formula is C22H28O5. The van der Waals surface area contributed by atoms with Crippen LogP contribution in [0.1, 0.15) is 32.1 Å². The third-order valence-corrected chi connectivity index (χ3v) is 4.46. The highest BCUT2D eigenvalue weighted by Gasteiger charge is 2.36. The molecule has 0 saturated heterocycles. The molecule has 0 spiro atoms. The van der Waals surface area contributed by atoms with Gasteiger partial charge in [0, 0.05) is 12.2 Å². The molecule has 0 aliphatic heterocycles. The molecular weight excluding hydrogens is 344 g/mol. The Balaban J connectivity index is 1.82. The van der Waals surface area contributed by atoms with Crippen LogP contribution in [0, 0.1) is 0 Å². The normalized spacial score (nSPS) is 22.0. The second-order valence-corrected chi connectivity index (χ2v) is 6.64. The van der Waals surface area contributed by atoms with Crippen LogP contribution in [0.5, 0.6) is 5.75 Å². The van der Waals surface area contributed by atoms with Gasteiger partial charge < -0.3 is 20.1 Å². The van der Waals surface area contributed by atoms with E-state index in [0.717, 1.165) is 12.2 Å². The Labute approximate surface area is 160 Å². The number of hydrogen-bond donors (Lipinski definition) is 3. The predicted octanol–water partition coefficient (Wildman–Crippen LogP) is 2.72. The number of hydrogen-bond acceptors (Lipinski definition) is 5. The van der Waals surface area contributed by atoms with E-state index in [1.807, 2.05) is 30.3 Å². The Bertz CT molecular complexity index is 677. The smallest absolute Gasteiger partial charge is 0.184 e. The highest BCUT2D eigenvalue weighted by atomic mass is 16.5. The maximum atomic E-state index is 12.0. The van der Waals surface area contributed by atoms with Crippen LogP contribution in [0.25, 0.3) is 0 Å². The number of rotatable bonds is 11. The second kappa shape index (κ2) is 10.8. The number of aliphatic hydroxyl groups is 3. The first kappa shape index (κ1) is 21.1. The van der Waals surface area contributed by atoms with Gasteiger partial charge in [0.2, 0.25) is 0 Å². The quantitative estimate of drug-likeness (QED) is 0.411. The SMILES string of the molecule is O=C1C=CC(O)(CCCCOc2ccccc2)/C1=C/C=C/C(O)CCCO. The monoisotopic (exact) mass is 372 g/mol. The van der Waals surface area contributed by atoms with Gasteiger partial charge in [-0.3, -0.25) is 4.79 Å². The first-order valence-corrected chi connectivity index (χ1v) is 9.37.